The molecule has 2 heterocycles. The lowest BCUT2D eigenvalue weighted by molar-refractivity contribution is -0.133. The lowest BCUT2D eigenvalue weighted by atomic mass is 10.1. The average Bonchev–Trinajstić information content (AvgIpc) is 3.16. The number of carbonyl (C=O) groups excluding carboxylic acids is 1. The Morgan fingerprint density at radius 1 is 1.38 bits per heavy atom. The quantitative estimate of drug-likeness (QED) is 0.855. The van der Waals surface area contributed by atoms with Gasteiger partial charge in [0.15, 0.2) is 0 Å². The second-order valence-electron chi connectivity index (χ2n) is 5.94. The number of amides is 1. The van der Waals surface area contributed by atoms with Crippen molar-refractivity contribution in [1.29, 1.82) is 0 Å². The van der Waals surface area contributed by atoms with Gasteiger partial charge in [-0.1, -0.05) is 0 Å². The monoisotopic (exact) mass is 291 g/mol. The Bertz CT molecular complexity index is 574. The molecular formula is C15H21N3O3. The van der Waals surface area contributed by atoms with E-state index in [-0.39, 0.29) is 18.0 Å². The van der Waals surface area contributed by atoms with Crippen LogP contribution in [0, 0.1) is 5.92 Å². The van der Waals surface area contributed by atoms with Gasteiger partial charge in [-0.25, -0.2) is 0 Å². The highest BCUT2D eigenvalue weighted by Gasteiger charge is 2.34. The van der Waals surface area contributed by atoms with Crippen LogP contribution in [0.15, 0.2) is 23.1 Å². The van der Waals surface area contributed by atoms with Crippen molar-refractivity contribution in [2.45, 2.75) is 31.8 Å². The van der Waals surface area contributed by atoms with Crippen LogP contribution in [0.2, 0.25) is 0 Å². The zero-order chi connectivity index (χ0) is 14.8. The smallest absolute Gasteiger partial charge is 0.251 e. The number of hydrogen-bond donors (Lipinski definition) is 1. The summed E-state index contributed by atoms with van der Waals surface area (Å²) in [6.45, 7) is 2.31. The lowest BCUT2D eigenvalue weighted by Gasteiger charge is -2.25. The molecule has 1 aromatic heterocycles. The number of anilines is 1. The number of aromatic nitrogens is 1. The number of nitrogens with two attached hydrogens (primary N) is 1. The Morgan fingerprint density at radius 3 is 2.86 bits per heavy atom. The van der Waals surface area contributed by atoms with Gasteiger partial charge in [-0.15, -0.1) is 0 Å². The first-order valence-corrected chi connectivity index (χ1v) is 7.46. The van der Waals surface area contributed by atoms with Gasteiger partial charge in [-0.2, -0.15) is 0 Å². The van der Waals surface area contributed by atoms with E-state index in [4.69, 9.17) is 10.5 Å². The third kappa shape index (κ3) is 3.44. The molecule has 0 radical (unpaired) electrons. The van der Waals surface area contributed by atoms with Crippen LogP contribution in [-0.2, 0) is 16.1 Å². The Morgan fingerprint density at radius 2 is 2.19 bits per heavy atom. The van der Waals surface area contributed by atoms with Crippen molar-refractivity contribution in [2.75, 3.05) is 25.5 Å². The molecule has 6 heteroatoms. The van der Waals surface area contributed by atoms with Gasteiger partial charge in [0, 0.05) is 43.1 Å². The summed E-state index contributed by atoms with van der Waals surface area (Å²) in [4.78, 5) is 26.2. The van der Waals surface area contributed by atoms with E-state index in [2.05, 4.69) is 0 Å². The molecule has 0 spiro atoms. The highest BCUT2D eigenvalue weighted by atomic mass is 16.5. The molecule has 2 fully saturated rings. The molecule has 1 aliphatic carbocycles. The molecular weight excluding hydrogens is 270 g/mol. The van der Waals surface area contributed by atoms with E-state index in [1.54, 1.807) is 6.07 Å². The van der Waals surface area contributed by atoms with E-state index in [1.807, 2.05) is 4.90 Å². The summed E-state index contributed by atoms with van der Waals surface area (Å²) in [6.07, 6.45) is 4.66. The second-order valence-corrected chi connectivity index (χ2v) is 5.94. The molecule has 3 rings (SSSR count). The van der Waals surface area contributed by atoms with E-state index in [9.17, 15) is 9.59 Å². The topological polar surface area (TPSA) is 77.6 Å². The van der Waals surface area contributed by atoms with Crippen LogP contribution in [0.1, 0.15) is 19.3 Å². The van der Waals surface area contributed by atoms with E-state index in [1.165, 1.54) is 16.8 Å². The van der Waals surface area contributed by atoms with Crippen molar-refractivity contribution in [1.82, 2.24) is 9.47 Å². The maximum absolute atomic E-state index is 12.5. The molecule has 21 heavy (non-hydrogen) atoms. The summed E-state index contributed by atoms with van der Waals surface area (Å²) in [5.74, 6) is 0.421. The van der Waals surface area contributed by atoms with Gasteiger partial charge in [-0.05, 0) is 25.3 Å². The lowest BCUT2D eigenvalue weighted by Crippen LogP contribution is -2.40. The van der Waals surface area contributed by atoms with Gasteiger partial charge in [0.2, 0.25) is 5.91 Å². The normalized spacial score (nSPS) is 21.4. The summed E-state index contributed by atoms with van der Waals surface area (Å²) in [7, 11) is 0. The summed E-state index contributed by atoms with van der Waals surface area (Å²) >= 11 is 0. The van der Waals surface area contributed by atoms with Gasteiger partial charge in [0.1, 0.15) is 6.54 Å². The Balaban J connectivity index is 1.69. The van der Waals surface area contributed by atoms with Gasteiger partial charge < -0.3 is 19.9 Å². The van der Waals surface area contributed by atoms with Crippen molar-refractivity contribution in [3.63, 3.8) is 0 Å². The molecule has 2 N–H and O–H groups in total. The minimum absolute atomic E-state index is 0.00269. The summed E-state index contributed by atoms with van der Waals surface area (Å²) in [5, 5.41) is 0. The van der Waals surface area contributed by atoms with Crippen LogP contribution < -0.4 is 11.3 Å². The number of rotatable bonds is 5. The predicted molar refractivity (Wildman–Crippen MR) is 78.8 cm³/mol. The first-order chi connectivity index (χ1) is 10.1. The van der Waals surface area contributed by atoms with Crippen molar-refractivity contribution in [3.05, 3.63) is 28.7 Å². The van der Waals surface area contributed by atoms with E-state index >= 15 is 0 Å². The van der Waals surface area contributed by atoms with Gasteiger partial charge in [0.25, 0.3) is 5.56 Å². The fourth-order valence-electron chi connectivity index (χ4n) is 2.76. The van der Waals surface area contributed by atoms with Crippen LogP contribution in [0.3, 0.4) is 0 Å². The van der Waals surface area contributed by atoms with E-state index in [0.717, 1.165) is 39.0 Å². The molecule has 2 aliphatic rings. The van der Waals surface area contributed by atoms with Crippen LogP contribution >= 0.6 is 0 Å². The van der Waals surface area contributed by atoms with Crippen LogP contribution in [0.25, 0.3) is 0 Å². The molecule has 1 aliphatic heterocycles. The van der Waals surface area contributed by atoms with E-state index < -0.39 is 0 Å². The predicted octanol–water partition coefficient (Wildman–Crippen LogP) is 0.458. The highest BCUT2D eigenvalue weighted by Crippen LogP contribution is 2.29. The molecule has 1 saturated heterocycles. The Hall–Kier alpha value is -1.82. The summed E-state index contributed by atoms with van der Waals surface area (Å²) < 4.78 is 6.77. The fraction of sp³-hybridized carbons (Fsp3) is 0.600. The molecule has 1 saturated carbocycles. The van der Waals surface area contributed by atoms with Crippen molar-refractivity contribution < 1.29 is 9.53 Å². The van der Waals surface area contributed by atoms with Crippen LogP contribution in [0.4, 0.5) is 5.69 Å². The van der Waals surface area contributed by atoms with E-state index in [0.29, 0.717) is 17.6 Å². The molecule has 0 aromatic carbocycles. The number of nitrogen functional groups attached to an aromatic ring is 1. The minimum atomic E-state index is -0.197. The first kappa shape index (κ1) is 14.1. The number of ether oxygens (including phenoxy) is 1. The van der Waals surface area contributed by atoms with Crippen LogP contribution in [-0.4, -0.2) is 41.2 Å². The summed E-state index contributed by atoms with van der Waals surface area (Å²) in [6, 6.07) is 3.29. The van der Waals surface area contributed by atoms with Gasteiger partial charge in [0.05, 0.1) is 6.61 Å². The zero-order valence-electron chi connectivity index (χ0n) is 12.0. The molecule has 114 valence electrons. The Labute approximate surface area is 123 Å². The number of nitrogens with zero attached hydrogens (tertiary/aromatic N) is 2. The second kappa shape index (κ2) is 5.89. The van der Waals surface area contributed by atoms with Gasteiger partial charge >= 0.3 is 0 Å². The highest BCUT2D eigenvalue weighted by molar-refractivity contribution is 5.76. The average molecular weight is 291 g/mol. The Kier molecular flexibility index (Phi) is 3.96. The van der Waals surface area contributed by atoms with Crippen molar-refractivity contribution >= 4 is 11.6 Å². The molecule has 0 bridgehead atoms. The third-order valence-electron chi connectivity index (χ3n) is 4.10. The number of pyridine rings is 1. The maximum Gasteiger partial charge on any atom is 0.251 e. The van der Waals surface area contributed by atoms with Crippen molar-refractivity contribution in [2.24, 2.45) is 5.92 Å². The zero-order valence-corrected chi connectivity index (χ0v) is 12.0. The van der Waals surface area contributed by atoms with Crippen LogP contribution in [0.5, 0.6) is 0 Å². The molecule has 1 atom stereocenters. The SMILES string of the molecule is Nc1ccc(=O)n(CC(=O)N(CC2CCOC2)C2CC2)c1. The summed E-state index contributed by atoms with van der Waals surface area (Å²) in [5.41, 5.74) is 5.98. The molecule has 1 aromatic rings. The standard InChI is InChI=1S/C15H21N3O3/c16-12-1-4-14(19)17(8-12)9-15(20)18(13-2-3-13)7-11-5-6-21-10-11/h1,4,8,11,13H,2-3,5-7,9-10,16H2. The third-order valence-corrected chi connectivity index (χ3v) is 4.10. The first-order valence-electron chi connectivity index (χ1n) is 7.46. The van der Waals surface area contributed by atoms with Gasteiger partial charge in [-0.3, -0.25) is 9.59 Å². The molecule has 1 amide bonds. The molecule has 1 unspecified atom stereocenters. The fourth-order valence-corrected chi connectivity index (χ4v) is 2.76. The maximum atomic E-state index is 12.5. The largest absolute Gasteiger partial charge is 0.398 e. The minimum Gasteiger partial charge on any atom is -0.398 e. The van der Waals surface area contributed by atoms with Crippen molar-refractivity contribution in [3.8, 4) is 0 Å². The number of hydrogen-bond acceptors (Lipinski definition) is 4. The number of carbonyl (C=O) groups is 1. The molecule has 6 nitrogen and oxygen atoms in total.